The second-order valence-electron chi connectivity index (χ2n) is 18.3. The van der Waals surface area contributed by atoms with Gasteiger partial charge in [-0.15, -0.1) is 12.6 Å². The number of hydrogen-bond donors (Lipinski definition) is 1. The molecule has 258 valence electrons. The van der Waals surface area contributed by atoms with Gasteiger partial charge in [-0.1, -0.05) is 57.1 Å². The number of thiol groups is 1. The summed E-state index contributed by atoms with van der Waals surface area (Å²) < 4.78 is 37.0. The van der Waals surface area contributed by atoms with Crippen LogP contribution >= 0.6 is 12.6 Å². The molecule has 2 aromatic rings. The summed E-state index contributed by atoms with van der Waals surface area (Å²) in [7, 11) is -4.05. The van der Waals surface area contributed by atoms with Gasteiger partial charge in [0.15, 0.2) is 0 Å². The first-order valence-electron chi connectivity index (χ1n) is 20.4. The van der Waals surface area contributed by atoms with Crippen LogP contribution in [0.5, 0.6) is 5.75 Å². The maximum atomic E-state index is 15.2. The Morgan fingerprint density at radius 2 is 0.958 bits per heavy atom. The van der Waals surface area contributed by atoms with Crippen LogP contribution in [0, 0.1) is 35.5 Å². The lowest BCUT2D eigenvalue weighted by Crippen LogP contribution is -2.23. The molecule has 3 nitrogen and oxygen atoms in total. The molecule has 8 fully saturated rings. The minimum atomic E-state index is -4.05. The minimum absolute atomic E-state index is 0.357. The Morgan fingerprint density at radius 1 is 0.521 bits per heavy atom. The van der Waals surface area contributed by atoms with Gasteiger partial charge in [-0.3, -0.25) is 0 Å². The molecular weight excluding hydrogens is 629 g/mol. The average Bonchev–Trinajstić information content (AvgIpc) is 3.96. The molecule has 0 saturated heterocycles. The van der Waals surface area contributed by atoms with Crippen molar-refractivity contribution in [2.75, 3.05) is 0 Å². The van der Waals surface area contributed by atoms with E-state index in [1.54, 1.807) is 0 Å². The normalized spacial score (nSPS) is 37.5. The zero-order valence-corrected chi connectivity index (χ0v) is 30.6. The summed E-state index contributed by atoms with van der Waals surface area (Å²) in [4.78, 5) is 1.73. The topological polar surface area (TPSA) is 43.4 Å². The summed E-state index contributed by atoms with van der Waals surface area (Å²) in [6, 6.07) is 9.08. The van der Waals surface area contributed by atoms with Gasteiger partial charge in [-0.2, -0.15) is 8.42 Å². The summed E-state index contributed by atoms with van der Waals surface area (Å²) in [5.41, 5.74) is 6.29. The molecule has 9 unspecified atom stereocenters. The van der Waals surface area contributed by atoms with Gasteiger partial charge in [0.05, 0.1) is 0 Å². The summed E-state index contributed by atoms with van der Waals surface area (Å²) in [6.45, 7) is 0. The first kappa shape index (κ1) is 31.3. The Bertz CT molecular complexity index is 1600. The molecule has 6 bridgehead atoms. The number of fused-ring (bicyclic) bond motifs is 6. The predicted octanol–water partition coefficient (Wildman–Crippen LogP) is 11.8. The molecule has 8 aliphatic carbocycles. The Labute approximate surface area is 295 Å². The van der Waals surface area contributed by atoms with Crippen LogP contribution in [0.4, 0.5) is 0 Å². The van der Waals surface area contributed by atoms with Gasteiger partial charge in [0.1, 0.15) is 10.6 Å². The molecule has 2 aromatic carbocycles. The molecule has 0 amide bonds. The Balaban J connectivity index is 1.11. The van der Waals surface area contributed by atoms with Crippen LogP contribution in [0.1, 0.15) is 186 Å². The van der Waals surface area contributed by atoms with Gasteiger partial charge in [0, 0.05) is 4.90 Å². The number of rotatable bonds is 8. The molecule has 5 heteroatoms. The van der Waals surface area contributed by atoms with Crippen molar-refractivity contribution in [3.8, 4) is 5.75 Å². The zero-order chi connectivity index (χ0) is 32.1. The van der Waals surface area contributed by atoms with E-state index in [9.17, 15) is 0 Å². The monoisotopic (exact) mass is 684 g/mol. The standard InChI is InChI=1S/C43H56O3S2/c44-48(45,46-34-23-38(28-5-1-2-6-28)42(47)39(24-34)29-7-3-4-8-29)43-40(36-19-26-10-13-31(36)16-26)21-33(35-18-25-9-12-30(35)15-25)22-41(43)37-20-27-11-14-32(37)17-27/h21-32,35-37,47H,1-20H2. The van der Waals surface area contributed by atoms with E-state index in [2.05, 4.69) is 24.3 Å². The van der Waals surface area contributed by atoms with Gasteiger partial charge in [-0.05, 0) is 189 Å². The largest absolute Gasteiger partial charge is 0.379 e. The first-order chi connectivity index (χ1) is 23.4. The van der Waals surface area contributed by atoms with Crippen LogP contribution in [-0.4, -0.2) is 8.42 Å². The molecule has 9 atom stereocenters. The highest BCUT2D eigenvalue weighted by Crippen LogP contribution is 2.60. The molecule has 10 rings (SSSR count). The summed E-state index contributed by atoms with van der Waals surface area (Å²) in [5, 5.41) is 0. The van der Waals surface area contributed by atoms with Crippen LogP contribution in [0.3, 0.4) is 0 Å². The van der Waals surface area contributed by atoms with Crippen molar-refractivity contribution < 1.29 is 12.6 Å². The highest BCUT2D eigenvalue weighted by atomic mass is 32.2. The van der Waals surface area contributed by atoms with E-state index in [4.69, 9.17) is 16.8 Å². The van der Waals surface area contributed by atoms with Crippen molar-refractivity contribution in [1.29, 1.82) is 0 Å². The van der Waals surface area contributed by atoms with Crippen molar-refractivity contribution in [2.24, 2.45) is 35.5 Å². The molecule has 0 N–H and O–H groups in total. The fourth-order valence-electron chi connectivity index (χ4n) is 13.6. The Hall–Kier alpha value is -1.46. The maximum absolute atomic E-state index is 15.2. The van der Waals surface area contributed by atoms with E-state index >= 15 is 8.42 Å². The van der Waals surface area contributed by atoms with Crippen LogP contribution in [-0.2, 0) is 10.1 Å². The van der Waals surface area contributed by atoms with Crippen molar-refractivity contribution in [3.63, 3.8) is 0 Å². The lowest BCUT2D eigenvalue weighted by atomic mass is 9.75. The number of hydrogen-bond acceptors (Lipinski definition) is 4. The van der Waals surface area contributed by atoms with Crippen LogP contribution in [0.2, 0.25) is 0 Å². The fraction of sp³-hybridized carbons (Fsp3) is 0.721. The lowest BCUT2D eigenvalue weighted by Gasteiger charge is -2.32. The third-order valence-corrected chi connectivity index (χ3v) is 17.7. The minimum Gasteiger partial charge on any atom is -0.379 e. The zero-order valence-electron chi connectivity index (χ0n) is 28.9. The van der Waals surface area contributed by atoms with Gasteiger partial charge < -0.3 is 4.18 Å². The van der Waals surface area contributed by atoms with Crippen molar-refractivity contribution in [2.45, 2.75) is 168 Å². The fourth-order valence-corrected chi connectivity index (χ4v) is 15.5. The molecule has 0 aromatic heterocycles. The smallest absolute Gasteiger partial charge is 0.339 e. The molecule has 8 aliphatic rings. The van der Waals surface area contributed by atoms with Gasteiger partial charge in [0.25, 0.3) is 0 Å². The second-order valence-corrected chi connectivity index (χ2v) is 20.3. The van der Waals surface area contributed by atoms with Crippen LogP contribution in [0.15, 0.2) is 34.1 Å². The molecule has 0 aliphatic heterocycles. The first-order valence-corrected chi connectivity index (χ1v) is 22.2. The molecule has 0 radical (unpaired) electrons. The molecular formula is C43H56O3S2. The van der Waals surface area contributed by atoms with Crippen molar-refractivity contribution >= 4 is 22.7 Å². The van der Waals surface area contributed by atoms with Crippen LogP contribution < -0.4 is 4.18 Å². The van der Waals surface area contributed by atoms with Gasteiger partial charge in [-0.25, -0.2) is 0 Å². The molecule has 0 heterocycles. The van der Waals surface area contributed by atoms with E-state index in [0.717, 1.165) is 52.5 Å². The van der Waals surface area contributed by atoms with Gasteiger partial charge >= 0.3 is 10.1 Å². The van der Waals surface area contributed by atoms with E-state index in [1.807, 2.05) is 0 Å². The summed E-state index contributed by atoms with van der Waals surface area (Å²) in [5.74, 6) is 7.23. The third-order valence-electron chi connectivity index (χ3n) is 15.8. The second kappa shape index (κ2) is 12.1. The SMILES string of the molecule is O=S(=O)(Oc1cc(C2CCCC2)c(S)c(C2CCCC2)c1)c1c(C2CC3CCC2C3)cc(C2CC3CCC2C3)cc1C1CC2CCC1C2. The van der Waals surface area contributed by atoms with E-state index < -0.39 is 10.1 Å². The van der Waals surface area contributed by atoms with Crippen LogP contribution in [0.25, 0.3) is 0 Å². The third kappa shape index (κ3) is 5.27. The summed E-state index contributed by atoms with van der Waals surface area (Å²) >= 11 is 5.16. The van der Waals surface area contributed by atoms with E-state index in [1.165, 1.54) is 132 Å². The van der Waals surface area contributed by atoms with Gasteiger partial charge in [0.2, 0.25) is 0 Å². The highest BCUT2D eigenvalue weighted by molar-refractivity contribution is 7.87. The molecule has 48 heavy (non-hydrogen) atoms. The predicted molar refractivity (Wildman–Crippen MR) is 195 cm³/mol. The highest BCUT2D eigenvalue weighted by Gasteiger charge is 2.48. The van der Waals surface area contributed by atoms with E-state index in [-0.39, 0.29) is 0 Å². The average molecular weight is 685 g/mol. The Kier molecular flexibility index (Phi) is 7.86. The van der Waals surface area contributed by atoms with Crippen molar-refractivity contribution in [3.05, 3.63) is 52.1 Å². The molecule has 0 spiro atoms. The van der Waals surface area contributed by atoms with E-state index in [0.29, 0.717) is 52.1 Å². The maximum Gasteiger partial charge on any atom is 0.339 e. The van der Waals surface area contributed by atoms with Crippen molar-refractivity contribution in [1.82, 2.24) is 0 Å². The number of benzene rings is 2. The summed E-state index contributed by atoms with van der Waals surface area (Å²) in [6.07, 6.45) is 25.2. The lowest BCUT2D eigenvalue weighted by molar-refractivity contribution is 0.392. The quantitative estimate of drug-likeness (QED) is 0.222. The molecule has 8 saturated carbocycles. The Morgan fingerprint density at radius 3 is 1.35 bits per heavy atom.